The van der Waals surface area contributed by atoms with Crippen molar-refractivity contribution < 1.29 is 88.4 Å². The van der Waals surface area contributed by atoms with Crippen LogP contribution in [0.5, 0.6) is 46.0 Å². The molecule has 19 N–H and O–H groups in total. The normalized spacial score (nSPS) is 21.8. The summed E-state index contributed by atoms with van der Waals surface area (Å²) >= 11 is 6.83. The van der Waals surface area contributed by atoms with Gasteiger partial charge in [0.05, 0.1) is 17.5 Å². The number of aliphatic carboxylic acids is 1. The predicted octanol–water partition coefficient (Wildman–Crippen LogP) is 1.44. The standard InChI is InChI=1S/C59H65ClN10O18/c1-24(2)16-36(70(3)58(84)34(62)6-4-5-15-61)53(79)68-48-50(76)27-10-14-39(33(60)18-27)88-41-20-28-19-40(51(41)77)87-30-11-7-25(8-12-30)49(75)47-57(83)67-46(59(85)86)32-21-29(71)22-38(73)43(32)31-17-26(9-13-37(31)72)44(54(80)69-47)66-55(81)45(28)65-52(78)35(23-42(63)74)64-56(48)82/h7-14,17-22,24,34-36,44-50,71-73,75-77H,4-6,15-16,23,61-62H2,1-3H3,(H2,63,74)(H,64,82)(H,65,78)(H,66,81)(H,67,83)(H,68,79)(H,69,80)(H,85,86)/t34-,35+,36-,44-,45-,46+,47+,48-,49-,50-/m1/s1. The van der Waals surface area contributed by atoms with E-state index in [9.17, 15) is 69.3 Å². The van der Waals surface area contributed by atoms with Crippen LogP contribution < -0.4 is 58.6 Å². The summed E-state index contributed by atoms with van der Waals surface area (Å²) in [4.78, 5) is 130. The largest absolute Gasteiger partial charge is 0.508 e. The molecule has 466 valence electrons. The Morgan fingerprint density at radius 1 is 0.693 bits per heavy atom. The number of aliphatic hydroxyl groups is 2. The number of phenols is 4. The van der Waals surface area contributed by atoms with E-state index in [2.05, 4.69) is 31.9 Å². The smallest absolute Gasteiger partial charge is 0.330 e. The van der Waals surface area contributed by atoms with Crippen molar-refractivity contribution in [3.8, 4) is 57.1 Å². The molecule has 5 aliphatic heterocycles. The number of aliphatic hydroxyl groups excluding tert-OH is 2. The van der Waals surface area contributed by atoms with Gasteiger partial charge >= 0.3 is 5.97 Å². The molecule has 5 aliphatic rings. The monoisotopic (exact) mass is 1240 g/mol. The third-order valence-electron chi connectivity index (χ3n) is 15.0. The van der Waals surface area contributed by atoms with E-state index in [1.165, 1.54) is 43.4 Å². The maximum absolute atomic E-state index is 15.5. The summed E-state index contributed by atoms with van der Waals surface area (Å²) in [6, 6.07) is 0.366. The first-order valence-electron chi connectivity index (χ1n) is 27.6. The molecular formula is C59H65ClN10O18. The Kier molecular flexibility index (Phi) is 19.6. The molecule has 5 aromatic carbocycles. The van der Waals surface area contributed by atoms with Crippen LogP contribution in [0.4, 0.5) is 0 Å². The Bertz CT molecular complexity index is 3590. The molecule has 10 rings (SSSR count). The van der Waals surface area contributed by atoms with Gasteiger partial charge in [-0.1, -0.05) is 56.1 Å². The average molecular weight is 1240 g/mol. The summed E-state index contributed by atoms with van der Waals surface area (Å²) in [5.41, 5.74) is 15.3. The van der Waals surface area contributed by atoms with Gasteiger partial charge in [0, 0.05) is 29.8 Å². The summed E-state index contributed by atoms with van der Waals surface area (Å²) in [6.45, 7) is 3.88. The lowest BCUT2D eigenvalue weighted by Crippen LogP contribution is -2.60. The van der Waals surface area contributed by atoms with Crippen LogP contribution in [-0.2, 0) is 43.2 Å². The Hall–Kier alpha value is -9.74. The zero-order valence-corrected chi connectivity index (χ0v) is 48.1. The van der Waals surface area contributed by atoms with E-state index < -0.39 is 171 Å². The summed E-state index contributed by atoms with van der Waals surface area (Å²) in [5, 5.41) is 94.1. The molecule has 0 unspecified atom stereocenters. The Labute approximate surface area is 506 Å². The number of hydrogen-bond acceptors (Lipinski definition) is 19. The van der Waals surface area contributed by atoms with Gasteiger partial charge in [-0.25, -0.2) is 4.79 Å². The topological polar surface area (TPSA) is 467 Å². The van der Waals surface area contributed by atoms with Gasteiger partial charge in [0.2, 0.25) is 53.0 Å². The number of nitrogens with two attached hydrogens (primary N) is 3. The molecule has 0 aliphatic carbocycles. The second-order valence-electron chi connectivity index (χ2n) is 21.8. The molecule has 10 atom stereocenters. The Morgan fingerprint density at radius 3 is 1.98 bits per heavy atom. The van der Waals surface area contributed by atoms with Gasteiger partial charge in [0.25, 0.3) is 0 Å². The number of carboxylic acid groups (broad SMARTS) is 1. The molecule has 0 saturated carbocycles. The number of likely N-dealkylation sites (N-methyl/N-ethyl adjacent to an activating group) is 1. The van der Waals surface area contributed by atoms with Crippen molar-refractivity contribution in [2.24, 2.45) is 23.1 Å². The van der Waals surface area contributed by atoms with E-state index in [4.69, 9.17) is 38.3 Å². The number of rotatable bonds is 13. The fourth-order valence-electron chi connectivity index (χ4n) is 10.4. The number of benzene rings is 5. The van der Waals surface area contributed by atoms with Crippen LogP contribution in [0, 0.1) is 5.92 Å². The number of ether oxygens (including phenoxy) is 2. The molecule has 5 aromatic rings. The van der Waals surface area contributed by atoms with Crippen LogP contribution in [0.25, 0.3) is 11.1 Å². The molecule has 0 fully saturated rings. The average Bonchev–Trinajstić information content (AvgIpc) is 0.885. The number of hydrogen-bond donors (Lipinski definition) is 16. The van der Waals surface area contributed by atoms with Crippen molar-refractivity contribution in [2.75, 3.05) is 13.6 Å². The fraction of sp³-hybridized carbons (Fsp3) is 0.339. The zero-order chi connectivity index (χ0) is 64.2. The maximum Gasteiger partial charge on any atom is 0.330 e. The molecule has 29 heteroatoms. The Morgan fingerprint density at radius 2 is 1.33 bits per heavy atom. The second kappa shape index (κ2) is 26.9. The summed E-state index contributed by atoms with van der Waals surface area (Å²) < 4.78 is 12.3. The summed E-state index contributed by atoms with van der Waals surface area (Å²) in [6.07, 6.45) is -3.83. The number of carbonyl (C=O) groups excluding carboxylic acids is 8. The minimum Gasteiger partial charge on any atom is -0.508 e. The molecule has 0 spiro atoms. The number of nitrogens with zero attached hydrogens (tertiary/aromatic N) is 1. The number of unbranched alkanes of at least 4 members (excludes halogenated alkanes) is 1. The molecule has 0 radical (unpaired) electrons. The lowest BCUT2D eigenvalue weighted by atomic mass is 9.89. The lowest BCUT2D eigenvalue weighted by Gasteiger charge is -2.33. The third kappa shape index (κ3) is 14.1. The van der Waals surface area contributed by atoms with E-state index in [0.717, 1.165) is 53.4 Å². The second-order valence-corrected chi connectivity index (χ2v) is 22.2. The highest BCUT2D eigenvalue weighted by Gasteiger charge is 2.42. The van der Waals surface area contributed by atoms with Crippen molar-refractivity contribution in [3.63, 3.8) is 0 Å². The van der Waals surface area contributed by atoms with Crippen molar-refractivity contribution >= 4 is 64.8 Å². The van der Waals surface area contributed by atoms with E-state index >= 15 is 9.59 Å². The number of phenolic OH excluding ortho intramolecular Hbond substituents is 4. The number of carboxylic acids is 1. The van der Waals surface area contributed by atoms with E-state index in [1.807, 2.05) is 0 Å². The third-order valence-corrected chi connectivity index (χ3v) is 15.3. The van der Waals surface area contributed by atoms with E-state index in [1.54, 1.807) is 13.8 Å². The fourth-order valence-corrected chi connectivity index (χ4v) is 10.6. The molecule has 8 amide bonds. The van der Waals surface area contributed by atoms with Gasteiger partial charge in [-0.3, -0.25) is 38.4 Å². The van der Waals surface area contributed by atoms with Crippen LogP contribution in [-0.4, -0.2) is 138 Å². The molecule has 0 aromatic heterocycles. The molecule has 28 nitrogen and oxygen atoms in total. The van der Waals surface area contributed by atoms with Crippen LogP contribution in [0.3, 0.4) is 0 Å². The van der Waals surface area contributed by atoms with Crippen molar-refractivity contribution in [3.05, 3.63) is 118 Å². The van der Waals surface area contributed by atoms with Gasteiger partial charge < -0.3 is 99.2 Å². The maximum atomic E-state index is 15.5. The number of fused-ring (bicyclic) bond motifs is 15. The van der Waals surface area contributed by atoms with E-state index in [-0.39, 0.29) is 57.5 Å². The minimum atomic E-state index is -2.18. The zero-order valence-electron chi connectivity index (χ0n) is 47.4. The first kappa shape index (κ1) is 64.3. The number of nitrogens with one attached hydrogen (secondary N) is 6. The first-order valence-corrected chi connectivity index (χ1v) is 28.0. The van der Waals surface area contributed by atoms with Crippen molar-refractivity contribution in [1.29, 1.82) is 0 Å². The van der Waals surface area contributed by atoms with Crippen LogP contribution >= 0.6 is 11.6 Å². The molecular weight excluding hydrogens is 1170 g/mol. The summed E-state index contributed by atoms with van der Waals surface area (Å²) in [7, 11) is 1.34. The lowest BCUT2D eigenvalue weighted by molar-refractivity contribution is -0.143. The van der Waals surface area contributed by atoms with Crippen LogP contribution in [0.2, 0.25) is 5.02 Å². The number of aromatic hydroxyl groups is 4. The predicted molar refractivity (Wildman–Crippen MR) is 310 cm³/mol. The molecule has 11 bridgehead atoms. The SMILES string of the molecule is CC(C)C[C@H](C(=O)N[C@H]1C(=O)N[C@@H](CC(N)=O)C(=O)N[C@H]2C(=O)N[C@H]3C(=O)N[C@H](C(=O)N[C@H](C(=O)O)c4cc(O)cc(O)c4-c4cc3ccc4O)[C@H](O)c3ccc(cc3)Oc3cc2cc(c3O)Oc2ccc(cc2Cl)[C@H]1O)N(C)C(=O)[C@H](N)CCCCN. The van der Waals surface area contributed by atoms with Gasteiger partial charge in [0.1, 0.15) is 77.2 Å². The van der Waals surface area contributed by atoms with E-state index in [0.29, 0.717) is 19.4 Å². The minimum absolute atomic E-state index is 0.0124. The van der Waals surface area contributed by atoms with Gasteiger partial charge in [-0.2, -0.15) is 0 Å². The Balaban J connectivity index is 1.30. The highest BCUT2D eigenvalue weighted by Crippen LogP contribution is 2.47. The number of amides is 8. The molecule has 0 saturated heterocycles. The molecule has 5 heterocycles. The number of halogens is 1. The number of carbonyl (C=O) groups is 9. The van der Waals surface area contributed by atoms with Gasteiger partial charge in [-0.05, 0) is 109 Å². The highest BCUT2D eigenvalue weighted by atomic mass is 35.5. The van der Waals surface area contributed by atoms with Crippen LogP contribution in [0.1, 0.15) is 104 Å². The van der Waals surface area contributed by atoms with Gasteiger partial charge in [-0.15, -0.1) is 0 Å². The first-order chi connectivity index (χ1) is 41.6. The van der Waals surface area contributed by atoms with Crippen LogP contribution in [0.15, 0.2) is 84.9 Å². The van der Waals surface area contributed by atoms with Crippen molar-refractivity contribution in [2.45, 2.75) is 106 Å². The van der Waals surface area contributed by atoms with Crippen molar-refractivity contribution in [1.82, 2.24) is 36.8 Å². The summed E-state index contributed by atoms with van der Waals surface area (Å²) in [5.74, 6) is -15.9. The molecule has 88 heavy (non-hydrogen) atoms. The van der Waals surface area contributed by atoms with Gasteiger partial charge in [0.15, 0.2) is 17.5 Å². The number of primary amides is 1. The quantitative estimate of drug-likeness (QED) is 0.0742. The highest BCUT2D eigenvalue weighted by molar-refractivity contribution is 6.32.